The fourth-order valence-corrected chi connectivity index (χ4v) is 3.84. The van der Waals surface area contributed by atoms with E-state index in [2.05, 4.69) is 10.1 Å². The van der Waals surface area contributed by atoms with Crippen LogP contribution in [0.5, 0.6) is 0 Å². The molecular formula is C14H15F3N4O3S. The van der Waals surface area contributed by atoms with Crippen molar-refractivity contribution in [2.75, 3.05) is 18.0 Å². The summed E-state index contributed by atoms with van der Waals surface area (Å²) < 4.78 is 40.3. The second-order valence-corrected chi connectivity index (χ2v) is 6.85. The number of nitrogens with zero attached hydrogens (tertiary/aromatic N) is 4. The zero-order chi connectivity index (χ0) is 18.4. The van der Waals surface area contributed by atoms with Crippen LogP contribution >= 0.6 is 11.3 Å². The second-order valence-electron chi connectivity index (χ2n) is 5.91. The summed E-state index contributed by atoms with van der Waals surface area (Å²) in [7, 11) is 0. The summed E-state index contributed by atoms with van der Waals surface area (Å²) in [5.41, 5.74) is 0.193. The average Bonchev–Trinajstić information content (AvgIpc) is 3.10. The smallest absolute Gasteiger partial charge is 0.394 e. The van der Waals surface area contributed by atoms with Crippen molar-refractivity contribution >= 4 is 27.4 Å². The van der Waals surface area contributed by atoms with Gasteiger partial charge in [-0.2, -0.15) is 17.7 Å². The maximum atomic E-state index is 13.1. The number of alkyl halides is 3. The molecule has 7 nitrogen and oxygen atoms in total. The highest BCUT2D eigenvalue weighted by Crippen LogP contribution is 2.40. The van der Waals surface area contributed by atoms with Gasteiger partial charge in [-0.3, -0.25) is 9.59 Å². The van der Waals surface area contributed by atoms with Crippen molar-refractivity contribution in [3.63, 3.8) is 0 Å². The summed E-state index contributed by atoms with van der Waals surface area (Å²) in [5.74, 6) is -5.03. The minimum Gasteiger partial charge on any atom is -0.481 e. The quantitative estimate of drug-likeness (QED) is 0.876. The van der Waals surface area contributed by atoms with Gasteiger partial charge in [0.05, 0.1) is 11.8 Å². The number of halogens is 3. The Balaban J connectivity index is 1.95. The van der Waals surface area contributed by atoms with E-state index in [9.17, 15) is 22.8 Å². The lowest BCUT2D eigenvalue weighted by Crippen LogP contribution is -2.33. The predicted molar refractivity (Wildman–Crippen MR) is 84.0 cm³/mol. The topological polar surface area (TPSA) is 87.8 Å². The molecule has 1 N–H and O–H groups in total. The van der Waals surface area contributed by atoms with Crippen LogP contribution in [0.1, 0.15) is 19.0 Å². The van der Waals surface area contributed by atoms with E-state index >= 15 is 0 Å². The molecule has 2 aromatic rings. The molecule has 2 atom stereocenters. The Morgan fingerprint density at radius 1 is 1.44 bits per heavy atom. The Kier molecular flexibility index (Phi) is 4.43. The Labute approximate surface area is 143 Å². The highest BCUT2D eigenvalue weighted by Gasteiger charge is 2.53. The summed E-state index contributed by atoms with van der Waals surface area (Å²) in [4.78, 5) is 29.1. The first-order valence-electron chi connectivity index (χ1n) is 7.65. The number of carboxylic acid groups (broad SMARTS) is 1. The first kappa shape index (κ1) is 17.6. The number of carboxylic acids is 1. The van der Waals surface area contributed by atoms with E-state index in [1.807, 2.05) is 6.92 Å². The SMILES string of the molecule is CCCc1cc(=O)n2nc(N3C[C@@H](C(F)(F)F)[C@H](C(=O)O)C3)sc2n1. The van der Waals surface area contributed by atoms with Crippen molar-refractivity contribution in [1.82, 2.24) is 14.6 Å². The summed E-state index contributed by atoms with van der Waals surface area (Å²) in [6.45, 7) is 1.13. The maximum absolute atomic E-state index is 13.1. The van der Waals surface area contributed by atoms with Crippen LogP contribution in [0.3, 0.4) is 0 Å². The van der Waals surface area contributed by atoms with E-state index in [0.29, 0.717) is 12.1 Å². The lowest BCUT2D eigenvalue weighted by Gasteiger charge is -2.17. The van der Waals surface area contributed by atoms with Gasteiger partial charge in [0, 0.05) is 24.8 Å². The molecule has 0 aromatic carbocycles. The third-order valence-electron chi connectivity index (χ3n) is 4.12. The molecule has 0 saturated carbocycles. The molecule has 0 bridgehead atoms. The lowest BCUT2D eigenvalue weighted by atomic mass is 9.96. The fourth-order valence-electron chi connectivity index (χ4n) is 2.90. The molecular weight excluding hydrogens is 361 g/mol. The highest BCUT2D eigenvalue weighted by atomic mass is 32.1. The number of carbonyl (C=O) groups is 1. The molecule has 1 fully saturated rings. The van der Waals surface area contributed by atoms with Crippen LogP contribution in [-0.4, -0.2) is 44.9 Å². The Hall–Kier alpha value is -2.17. The Morgan fingerprint density at radius 3 is 2.72 bits per heavy atom. The predicted octanol–water partition coefficient (Wildman–Crippen LogP) is 1.80. The van der Waals surface area contributed by atoms with Gasteiger partial charge in [0.25, 0.3) is 5.56 Å². The maximum Gasteiger partial charge on any atom is 0.394 e. The molecule has 0 aliphatic carbocycles. The van der Waals surface area contributed by atoms with Crippen LogP contribution in [0.15, 0.2) is 10.9 Å². The number of rotatable bonds is 4. The van der Waals surface area contributed by atoms with E-state index in [0.717, 1.165) is 22.3 Å². The van der Waals surface area contributed by atoms with E-state index in [4.69, 9.17) is 5.11 Å². The normalized spacial score (nSPS) is 21.2. The van der Waals surface area contributed by atoms with Crippen LogP contribution in [0.4, 0.5) is 18.3 Å². The number of aryl methyl sites for hydroxylation is 1. The van der Waals surface area contributed by atoms with Gasteiger partial charge in [0.1, 0.15) is 0 Å². The van der Waals surface area contributed by atoms with Gasteiger partial charge < -0.3 is 10.0 Å². The molecule has 1 aliphatic heterocycles. The molecule has 11 heteroatoms. The van der Waals surface area contributed by atoms with Gasteiger partial charge in [0.2, 0.25) is 10.1 Å². The summed E-state index contributed by atoms with van der Waals surface area (Å²) in [6.07, 6.45) is -3.20. The van der Waals surface area contributed by atoms with Crippen molar-refractivity contribution in [3.8, 4) is 0 Å². The second kappa shape index (κ2) is 6.28. The molecule has 25 heavy (non-hydrogen) atoms. The van der Waals surface area contributed by atoms with E-state index in [-0.39, 0.29) is 16.6 Å². The first-order chi connectivity index (χ1) is 11.7. The molecule has 0 unspecified atom stereocenters. The van der Waals surface area contributed by atoms with Crippen molar-refractivity contribution in [1.29, 1.82) is 0 Å². The Bertz CT molecular complexity index is 863. The largest absolute Gasteiger partial charge is 0.481 e. The lowest BCUT2D eigenvalue weighted by molar-refractivity contribution is -0.187. The minimum absolute atomic E-state index is 0.163. The molecule has 2 aromatic heterocycles. The van der Waals surface area contributed by atoms with Gasteiger partial charge in [-0.1, -0.05) is 24.7 Å². The summed E-state index contributed by atoms with van der Waals surface area (Å²) >= 11 is 0.982. The van der Waals surface area contributed by atoms with Gasteiger partial charge in [-0.25, -0.2) is 4.98 Å². The standard InChI is InChI=1S/C14H15F3N4O3S/c1-2-3-7-4-10(22)21-12(18-7)25-13(19-21)20-5-8(11(23)24)9(6-20)14(15,16)17/h4,8-9H,2-3,5-6H2,1H3,(H,23,24)/t8-,9-/m1/s1. The molecule has 3 rings (SSSR count). The van der Waals surface area contributed by atoms with Crippen molar-refractivity contribution < 1.29 is 23.1 Å². The first-order valence-corrected chi connectivity index (χ1v) is 8.46. The van der Waals surface area contributed by atoms with Crippen LogP contribution < -0.4 is 10.5 Å². The molecule has 0 radical (unpaired) electrons. The van der Waals surface area contributed by atoms with Crippen LogP contribution in [0, 0.1) is 11.8 Å². The zero-order valence-electron chi connectivity index (χ0n) is 13.2. The van der Waals surface area contributed by atoms with Gasteiger partial charge >= 0.3 is 12.1 Å². The van der Waals surface area contributed by atoms with Crippen LogP contribution in [0.25, 0.3) is 4.96 Å². The molecule has 3 heterocycles. The minimum atomic E-state index is -4.61. The summed E-state index contributed by atoms with van der Waals surface area (Å²) in [5, 5.41) is 13.3. The van der Waals surface area contributed by atoms with Crippen LogP contribution in [0.2, 0.25) is 0 Å². The molecule has 0 amide bonds. The number of anilines is 1. The third-order valence-corrected chi connectivity index (χ3v) is 5.09. The van der Waals surface area contributed by atoms with Gasteiger partial charge in [-0.05, 0) is 6.42 Å². The fraction of sp³-hybridized carbons (Fsp3) is 0.571. The highest BCUT2D eigenvalue weighted by molar-refractivity contribution is 7.20. The van der Waals surface area contributed by atoms with E-state index in [1.54, 1.807) is 0 Å². The average molecular weight is 376 g/mol. The molecule has 1 aliphatic rings. The molecule has 0 spiro atoms. The van der Waals surface area contributed by atoms with E-state index in [1.165, 1.54) is 11.0 Å². The number of fused-ring (bicyclic) bond motifs is 1. The van der Waals surface area contributed by atoms with Crippen molar-refractivity contribution in [2.24, 2.45) is 11.8 Å². The number of hydrogen-bond donors (Lipinski definition) is 1. The van der Waals surface area contributed by atoms with Crippen LogP contribution in [-0.2, 0) is 11.2 Å². The van der Waals surface area contributed by atoms with Gasteiger partial charge in [0.15, 0.2) is 0 Å². The third kappa shape index (κ3) is 3.32. The molecule has 1 saturated heterocycles. The number of hydrogen-bond acceptors (Lipinski definition) is 6. The molecule has 136 valence electrons. The van der Waals surface area contributed by atoms with Crippen molar-refractivity contribution in [3.05, 3.63) is 22.1 Å². The summed E-state index contributed by atoms with van der Waals surface area (Å²) in [6, 6.07) is 1.35. The monoisotopic (exact) mass is 376 g/mol. The van der Waals surface area contributed by atoms with Gasteiger partial charge in [-0.15, -0.1) is 5.10 Å². The van der Waals surface area contributed by atoms with E-state index < -0.39 is 36.1 Å². The number of aromatic nitrogens is 3. The Morgan fingerprint density at radius 2 is 2.16 bits per heavy atom. The number of aliphatic carboxylic acids is 1. The van der Waals surface area contributed by atoms with Crippen molar-refractivity contribution in [2.45, 2.75) is 25.9 Å². The zero-order valence-corrected chi connectivity index (χ0v) is 14.0.